The third-order valence-corrected chi connectivity index (χ3v) is 5.48. The third-order valence-electron chi connectivity index (χ3n) is 2.87. The van der Waals surface area contributed by atoms with Crippen molar-refractivity contribution in [2.75, 3.05) is 0 Å². The van der Waals surface area contributed by atoms with Gasteiger partial charge in [-0.3, -0.25) is 4.79 Å². The van der Waals surface area contributed by atoms with Crippen molar-refractivity contribution < 1.29 is 13.2 Å². The number of ketones is 1. The van der Waals surface area contributed by atoms with E-state index in [9.17, 15) is 13.2 Å². The lowest BCUT2D eigenvalue weighted by atomic mass is 10.2. The van der Waals surface area contributed by atoms with E-state index in [1.807, 2.05) is 17.5 Å². The highest BCUT2D eigenvalue weighted by atomic mass is 32.2. The van der Waals surface area contributed by atoms with Gasteiger partial charge in [0.1, 0.15) is 0 Å². The number of rotatable bonds is 5. The van der Waals surface area contributed by atoms with E-state index in [0.717, 1.165) is 4.88 Å². The molecule has 0 bridgehead atoms. The van der Waals surface area contributed by atoms with Gasteiger partial charge in [-0.1, -0.05) is 18.2 Å². The Balaban J connectivity index is 2.20. The highest BCUT2D eigenvalue weighted by molar-refractivity contribution is 7.89. The molecule has 0 saturated carbocycles. The maximum Gasteiger partial charge on any atom is 0.241 e. The predicted molar refractivity (Wildman–Crippen MR) is 79.5 cm³/mol. The van der Waals surface area contributed by atoms with Crippen LogP contribution in [0.5, 0.6) is 0 Å². The molecule has 2 rings (SSSR count). The molecule has 0 saturated heterocycles. The Kier molecular flexibility index (Phi) is 4.37. The normalized spacial score (nSPS) is 13.1. The molecule has 106 valence electrons. The molecule has 0 spiro atoms. The van der Waals surface area contributed by atoms with E-state index < -0.39 is 10.0 Å². The molecule has 0 fully saturated rings. The number of carbonyl (C=O) groups excluding carboxylic acids is 1. The lowest BCUT2D eigenvalue weighted by molar-refractivity contribution is 0.101. The minimum atomic E-state index is -3.58. The summed E-state index contributed by atoms with van der Waals surface area (Å²) < 4.78 is 27.1. The highest BCUT2D eigenvalue weighted by Crippen LogP contribution is 2.21. The monoisotopic (exact) mass is 309 g/mol. The molecule has 0 aliphatic rings. The minimum absolute atomic E-state index is 0.0890. The molecular weight excluding hydrogens is 294 g/mol. The number of sulfonamides is 1. The largest absolute Gasteiger partial charge is 0.295 e. The van der Waals surface area contributed by atoms with Crippen LogP contribution in [0.2, 0.25) is 0 Å². The highest BCUT2D eigenvalue weighted by Gasteiger charge is 2.18. The van der Waals surface area contributed by atoms with Gasteiger partial charge in [-0.2, -0.15) is 0 Å². The molecule has 0 aliphatic heterocycles. The van der Waals surface area contributed by atoms with Crippen molar-refractivity contribution in [1.29, 1.82) is 0 Å². The first-order valence-corrected chi connectivity index (χ1v) is 8.43. The Bertz CT molecular complexity index is 689. The van der Waals surface area contributed by atoms with E-state index in [1.165, 1.54) is 42.5 Å². The van der Waals surface area contributed by atoms with Crippen LogP contribution >= 0.6 is 11.3 Å². The topological polar surface area (TPSA) is 63.2 Å². The second-order valence-electron chi connectivity index (χ2n) is 4.44. The molecule has 2 aromatic rings. The molecule has 1 heterocycles. The molecule has 0 amide bonds. The Labute approximate surface area is 122 Å². The SMILES string of the molecule is CC(=O)c1ccc(S(=O)(=O)N[C@@H](C)c2cccs2)cc1. The summed E-state index contributed by atoms with van der Waals surface area (Å²) in [5, 5.41) is 1.90. The van der Waals surface area contributed by atoms with Crippen molar-refractivity contribution >= 4 is 27.1 Å². The van der Waals surface area contributed by atoms with Gasteiger partial charge in [-0.15, -0.1) is 11.3 Å². The lowest BCUT2D eigenvalue weighted by Crippen LogP contribution is -2.26. The number of nitrogens with one attached hydrogen (secondary N) is 1. The van der Waals surface area contributed by atoms with Gasteiger partial charge < -0.3 is 0 Å². The fourth-order valence-electron chi connectivity index (χ4n) is 1.77. The van der Waals surface area contributed by atoms with Gasteiger partial charge in [-0.25, -0.2) is 13.1 Å². The zero-order valence-electron chi connectivity index (χ0n) is 11.2. The number of thiophene rings is 1. The summed E-state index contributed by atoms with van der Waals surface area (Å²) in [7, 11) is -3.58. The number of hydrogen-bond acceptors (Lipinski definition) is 4. The van der Waals surface area contributed by atoms with Gasteiger partial charge in [0.05, 0.1) is 10.9 Å². The summed E-state index contributed by atoms with van der Waals surface area (Å²) in [6, 6.07) is 9.41. The van der Waals surface area contributed by atoms with Crippen molar-refractivity contribution in [2.24, 2.45) is 0 Å². The first kappa shape index (κ1) is 14.9. The maximum atomic E-state index is 12.2. The zero-order chi connectivity index (χ0) is 14.8. The second kappa shape index (κ2) is 5.87. The minimum Gasteiger partial charge on any atom is -0.295 e. The molecular formula is C14H15NO3S2. The summed E-state index contributed by atoms with van der Waals surface area (Å²) >= 11 is 1.50. The van der Waals surface area contributed by atoms with Crippen molar-refractivity contribution in [3.05, 3.63) is 52.2 Å². The molecule has 6 heteroatoms. The molecule has 1 aromatic carbocycles. The van der Waals surface area contributed by atoms with Crippen LogP contribution in [0.15, 0.2) is 46.7 Å². The summed E-state index contributed by atoms with van der Waals surface area (Å²) in [6.45, 7) is 3.24. The smallest absolute Gasteiger partial charge is 0.241 e. The van der Waals surface area contributed by atoms with Crippen molar-refractivity contribution in [3.63, 3.8) is 0 Å². The summed E-state index contributed by atoms with van der Waals surface area (Å²) in [4.78, 5) is 12.3. The third kappa shape index (κ3) is 3.33. The molecule has 0 unspecified atom stereocenters. The van der Waals surface area contributed by atoms with Gasteiger partial charge in [0, 0.05) is 10.4 Å². The van der Waals surface area contributed by atoms with E-state index in [2.05, 4.69) is 4.72 Å². The van der Waals surface area contributed by atoms with E-state index in [1.54, 1.807) is 6.92 Å². The van der Waals surface area contributed by atoms with Gasteiger partial charge in [0.25, 0.3) is 0 Å². The number of carbonyl (C=O) groups is 1. The molecule has 4 nitrogen and oxygen atoms in total. The van der Waals surface area contributed by atoms with Gasteiger partial charge >= 0.3 is 0 Å². The van der Waals surface area contributed by atoms with E-state index in [-0.39, 0.29) is 16.7 Å². The molecule has 20 heavy (non-hydrogen) atoms. The second-order valence-corrected chi connectivity index (χ2v) is 7.13. The predicted octanol–water partition coefficient (Wildman–Crippen LogP) is 2.99. The number of Topliss-reactive ketones (excluding diaryl/α,β-unsaturated/α-hetero) is 1. The van der Waals surface area contributed by atoms with E-state index in [4.69, 9.17) is 0 Å². The average molecular weight is 309 g/mol. The van der Waals surface area contributed by atoms with Crippen LogP contribution in [0.1, 0.15) is 35.1 Å². The van der Waals surface area contributed by atoms with Crippen molar-refractivity contribution in [1.82, 2.24) is 4.72 Å². The number of hydrogen-bond donors (Lipinski definition) is 1. The first-order chi connectivity index (χ1) is 9.40. The molecule has 1 N–H and O–H groups in total. The van der Waals surface area contributed by atoms with Crippen LogP contribution in [0.25, 0.3) is 0 Å². The fraction of sp³-hybridized carbons (Fsp3) is 0.214. The summed E-state index contributed by atoms with van der Waals surface area (Å²) in [6.07, 6.45) is 0. The molecule has 1 atom stereocenters. The molecule has 0 radical (unpaired) electrons. The molecule has 1 aromatic heterocycles. The van der Waals surface area contributed by atoms with E-state index in [0.29, 0.717) is 5.56 Å². The van der Waals surface area contributed by atoms with Gasteiger partial charge in [-0.05, 0) is 37.4 Å². The van der Waals surface area contributed by atoms with Crippen LogP contribution in [-0.4, -0.2) is 14.2 Å². The standard InChI is InChI=1S/C14H15NO3S2/c1-10(14-4-3-9-19-14)15-20(17,18)13-7-5-12(6-8-13)11(2)16/h3-10,15H,1-2H3/t10-/m0/s1. The summed E-state index contributed by atoms with van der Waals surface area (Å²) in [5.41, 5.74) is 0.496. The van der Waals surface area contributed by atoms with Crippen LogP contribution < -0.4 is 4.72 Å². The van der Waals surface area contributed by atoms with Crippen LogP contribution in [-0.2, 0) is 10.0 Å². The maximum absolute atomic E-state index is 12.2. The molecule has 0 aliphatic carbocycles. The van der Waals surface area contributed by atoms with Gasteiger partial charge in [0.15, 0.2) is 5.78 Å². The van der Waals surface area contributed by atoms with Crippen LogP contribution in [0.3, 0.4) is 0 Å². The Morgan fingerprint density at radius 3 is 2.35 bits per heavy atom. The van der Waals surface area contributed by atoms with Crippen LogP contribution in [0.4, 0.5) is 0 Å². The van der Waals surface area contributed by atoms with Crippen molar-refractivity contribution in [3.8, 4) is 0 Å². The Hall–Kier alpha value is -1.50. The Morgan fingerprint density at radius 1 is 1.20 bits per heavy atom. The average Bonchev–Trinajstić information content (AvgIpc) is 2.92. The van der Waals surface area contributed by atoms with Crippen molar-refractivity contribution in [2.45, 2.75) is 24.8 Å². The Morgan fingerprint density at radius 2 is 1.85 bits per heavy atom. The van der Waals surface area contributed by atoms with Gasteiger partial charge in [0.2, 0.25) is 10.0 Å². The zero-order valence-corrected chi connectivity index (χ0v) is 12.8. The fourth-order valence-corrected chi connectivity index (χ4v) is 3.80. The lowest BCUT2D eigenvalue weighted by Gasteiger charge is -2.13. The quantitative estimate of drug-likeness (QED) is 0.864. The first-order valence-electron chi connectivity index (χ1n) is 6.07. The van der Waals surface area contributed by atoms with E-state index >= 15 is 0 Å². The summed E-state index contributed by atoms with van der Waals surface area (Å²) in [5.74, 6) is -0.0890. The van der Waals surface area contributed by atoms with Crippen LogP contribution in [0, 0.1) is 0 Å². The number of benzene rings is 1.